The van der Waals surface area contributed by atoms with Gasteiger partial charge in [-0.05, 0) is 36.6 Å². The molecule has 4 nitrogen and oxygen atoms in total. The molecule has 4 heteroatoms. The van der Waals surface area contributed by atoms with E-state index in [2.05, 4.69) is 23.6 Å². The van der Waals surface area contributed by atoms with Crippen LogP contribution in [0.5, 0.6) is 5.75 Å². The van der Waals surface area contributed by atoms with Crippen LogP contribution >= 0.6 is 0 Å². The highest BCUT2D eigenvalue weighted by Gasteiger charge is 2.24. The van der Waals surface area contributed by atoms with Crippen molar-refractivity contribution >= 4 is 5.82 Å². The van der Waals surface area contributed by atoms with Crippen molar-refractivity contribution in [3.63, 3.8) is 0 Å². The Morgan fingerprint density at radius 2 is 2.30 bits per heavy atom. The molecule has 0 aliphatic carbocycles. The Balaban J connectivity index is 1.83. The van der Waals surface area contributed by atoms with Crippen molar-refractivity contribution in [1.82, 2.24) is 9.55 Å². The van der Waals surface area contributed by atoms with Gasteiger partial charge in [-0.1, -0.05) is 6.92 Å². The fourth-order valence-corrected chi connectivity index (χ4v) is 3.33. The second kappa shape index (κ2) is 4.27. The minimum atomic E-state index is 0.498. The van der Waals surface area contributed by atoms with E-state index in [0.717, 1.165) is 48.2 Å². The average Bonchev–Trinajstić information content (AvgIpc) is 3.04. The van der Waals surface area contributed by atoms with Crippen LogP contribution in [0.3, 0.4) is 0 Å². The fraction of sp³-hybridized carbons (Fsp3) is 0.438. The number of ether oxygens (including phenoxy) is 1. The Bertz CT molecular complexity index is 675. The van der Waals surface area contributed by atoms with Gasteiger partial charge in [-0.15, -0.1) is 0 Å². The summed E-state index contributed by atoms with van der Waals surface area (Å²) in [5.41, 5.74) is 9.64. The van der Waals surface area contributed by atoms with Crippen molar-refractivity contribution in [2.24, 2.45) is 0 Å². The number of nitrogens with zero attached hydrogens (tertiary/aromatic N) is 2. The molecule has 0 saturated heterocycles. The quantitative estimate of drug-likeness (QED) is 0.866. The molecule has 20 heavy (non-hydrogen) atoms. The molecule has 2 N–H and O–H groups in total. The van der Waals surface area contributed by atoms with Crippen LogP contribution in [0.2, 0.25) is 0 Å². The van der Waals surface area contributed by atoms with Crippen LogP contribution in [-0.2, 0) is 13.0 Å². The summed E-state index contributed by atoms with van der Waals surface area (Å²) in [4.78, 5) is 4.82. The summed E-state index contributed by atoms with van der Waals surface area (Å²) in [5, 5.41) is 0. The number of hydrogen-bond donors (Lipinski definition) is 1. The van der Waals surface area contributed by atoms with Gasteiger partial charge in [0, 0.05) is 24.4 Å². The molecule has 1 aromatic carbocycles. The lowest BCUT2D eigenvalue weighted by Crippen LogP contribution is -2.15. The zero-order chi connectivity index (χ0) is 13.7. The molecular formula is C16H19N3O. The van der Waals surface area contributed by atoms with Crippen LogP contribution in [-0.4, -0.2) is 16.2 Å². The molecule has 0 fully saturated rings. The van der Waals surface area contributed by atoms with E-state index in [-0.39, 0.29) is 0 Å². The summed E-state index contributed by atoms with van der Waals surface area (Å²) in [7, 11) is 0. The number of rotatable bonds is 1. The second-order valence-corrected chi connectivity index (χ2v) is 5.82. The molecule has 1 atom stereocenters. The van der Waals surface area contributed by atoms with Crippen LogP contribution in [0.25, 0.3) is 11.3 Å². The third-order valence-corrected chi connectivity index (χ3v) is 4.46. The maximum Gasteiger partial charge on any atom is 0.131 e. The van der Waals surface area contributed by atoms with E-state index in [0.29, 0.717) is 5.92 Å². The van der Waals surface area contributed by atoms with Gasteiger partial charge >= 0.3 is 0 Å². The molecule has 0 bridgehead atoms. The lowest BCUT2D eigenvalue weighted by molar-refractivity contribution is 0.357. The molecule has 1 unspecified atom stereocenters. The number of imidazole rings is 1. The molecule has 2 aromatic rings. The molecular weight excluding hydrogens is 250 g/mol. The average molecular weight is 269 g/mol. The Kier molecular flexibility index (Phi) is 2.52. The first kappa shape index (κ1) is 11.8. The second-order valence-electron chi connectivity index (χ2n) is 5.82. The SMILES string of the molecule is CC1CCCn2c1nc(-c1ccc3c(c1)CCO3)c2N. The van der Waals surface area contributed by atoms with E-state index in [1.165, 1.54) is 18.4 Å². The van der Waals surface area contributed by atoms with Gasteiger partial charge in [0.2, 0.25) is 0 Å². The van der Waals surface area contributed by atoms with Gasteiger partial charge in [-0.2, -0.15) is 0 Å². The maximum atomic E-state index is 6.33. The molecule has 0 radical (unpaired) electrons. The van der Waals surface area contributed by atoms with Gasteiger partial charge in [-0.3, -0.25) is 0 Å². The molecule has 0 saturated carbocycles. The topological polar surface area (TPSA) is 53.1 Å². The molecule has 1 aromatic heterocycles. The monoisotopic (exact) mass is 269 g/mol. The third-order valence-electron chi connectivity index (χ3n) is 4.46. The summed E-state index contributed by atoms with van der Waals surface area (Å²) in [6.07, 6.45) is 3.37. The van der Waals surface area contributed by atoms with Crippen molar-refractivity contribution in [3.05, 3.63) is 29.6 Å². The van der Waals surface area contributed by atoms with Gasteiger partial charge in [0.15, 0.2) is 0 Å². The Morgan fingerprint density at radius 1 is 1.40 bits per heavy atom. The number of nitrogens with two attached hydrogens (primary N) is 1. The van der Waals surface area contributed by atoms with E-state index in [4.69, 9.17) is 15.5 Å². The molecule has 0 amide bonds. The lowest BCUT2D eigenvalue weighted by atomic mass is 10.0. The normalized spacial score (nSPS) is 20.4. The van der Waals surface area contributed by atoms with Gasteiger partial charge < -0.3 is 15.0 Å². The summed E-state index contributed by atoms with van der Waals surface area (Å²) >= 11 is 0. The van der Waals surface area contributed by atoms with Crippen molar-refractivity contribution in [2.75, 3.05) is 12.3 Å². The standard InChI is InChI=1S/C16H19N3O/c1-10-3-2-7-19-15(17)14(18-16(10)19)12-4-5-13-11(9-12)6-8-20-13/h4-5,9-10H,2-3,6-8,17H2,1H3. The minimum Gasteiger partial charge on any atom is -0.493 e. The van der Waals surface area contributed by atoms with Crippen molar-refractivity contribution in [2.45, 2.75) is 38.6 Å². The number of aromatic nitrogens is 2. The van der Waals surface area contributed by atoms with Crippen molar-refractivity contribution < 1.29 is 4.74 Å². The van der Waals surface area contributed by atoms with E-state index >= 15 is 0 Å². The zero-order valence-corrected chi connectivity index (χ0v) is 11.7. The highest BCUT2D eigenvalue weighted by molar-refractivity contribution is 5.73. The summed E-state index contributed by atoms with van der Waals surface area (Å²) in [5.74, 6) is 3.45. The summed E-state index contributed by atoms with van der Waals surface area (Å²) < 4.78 is 7.75. The van der Waals surface area contributed by atoms with Crippen molar-refractivity contribution in [3.8, 4) is 17.0 Å². The number of hydrogen-bond acceptors (Lipinski definition) is 3. The van der Waals surface area contributed by atoms with E-state index in [1.807, 2.05) is 6.07 Å². The van der Waals surface area contributed by atoms with Gasteiger partial charge in [0.25, 0.3) is 0 Å². The number of anilines is 1. The summed E-state index contributed by atoms with van der Waals surface area (Å²) in [6, 6.07) is 6.29. The minimum absolute atomic E-state index is 0.498. The Hall–Kier alpha value is -1.97. The molecule has 0 spiro atoms. The van der Waals surface area contributed by atoms with E-state index in [9.17, 15) is 0 Å². The first-order chi connectivity index (χ1) is 9.74. The number of fused-ring (bicyclic) bond motifs is 2. The van der Waals surface area contributed by atoms with E-state index < -0.39 is 0 Å². The summed E-state index contributed by atoms with van der Waals surface area (Å²) in [6.45, 7) is 4.01. The molecule has 104 valence electrons. The maximum absolute atomic E-state index is 6.33. The van der Waals surface area contributed by atoms with E-state index in [1.54, 1.807) is 0 Å². The molecule has 2 aliphatic heterocycles. The number of benzene rings is 1. The fourth-order valence-electron chi connectivity index (χ4n) is 3.33. The molecule has 2 aliphatic rings. The van der Waals surface area contributed by atoms with Crippen LogP contribution in [0.15, 0.2) is 18.2 Å². The lowest BCUT2D eigenvalue weighted by Gasteiger charge is -2.20. The predicted molar refractivity (Wildman–Crippen MR) is 78.9 cm³/mol. The number of nitrogen functional groups attached to an aromatic ring is 1. The van der Waals surface area contributed by atoms with Crippen LogP contribution in [0.4, 0.5) is 5.82 Å². The smallest absolute Gasteiger partial charge is 0.131 e. The van der Waals surface area contributed by atoms with Crippen LogP contribution in [0, 0.1) is 0 Å². The first-order valence-electron chi connectivity index (χ1n) is 7.36. The van der Waals surface area contributed by atoms with Gasteiger partial charge in [-0.25, -0.2) is 4.98 Å². The molecule has 4 rings (SSSR count). The zero-order valence-electron chi connectivity index (χ0n) is 11.7. The Morgan fingerprint density at radius 3 is 3.15 bits per heavy atom. The largest absolute Gasteiger partial charge is 0.493 e. The third kappa shape index (κ3) is 1.64. The van der Waals surface area contributed by atoms with Crippen LogP contribution in [0.1, 0.15) is 37.1 Å². The highest BCUT2D eigenvalue weighted by atomic mass is 16.5. The highest BCUT2D eigenvalue weighted by Crippen LogP contribution is 2.36. The van der Waals surface area contributed by atoms with Gasteiger partial charge in [0.05, 0.1) is 6.61 Å². The van der Waals surface area contributed by atoms with Crippen molar-refractivity contribution in [1.29, 1.82) is 0 Å². The Labute approximate surface area is 118 Å². The first-order valence-corrected chi connectivity index (χ1v) is 7.36. The van der Waals surface area contributed by atoms with Gasteiger partial charge in [0.1, 0.15) is 23.1 Å². The van der Waals surface area contributed by atoms with Crippen LogP contribution < -0.4 is 10.5 Å². The predicted octanol–water partition coefficient (Wildman–Crippen LogP) is 2.96. The molecule has 3 heterocycles.